The summed E-state index contributed by atoms with van der Waals surface area (Å²) in [7, 11) is 0. The number of hydrogen-bond acceptors (Lipinski definition) is 6. The minimum atomic E-state index is -1.02. The van der Waals surface area contributed by atoms with Crippen molar-refractivity contribution in [3.8, 4) is 11.8 Å². The number of aliphatic hydroxyl groups excluding tert-OH is 1. The third-order valence-corrected chi connectivity index (χ3v) is 4.26. The van der Waals surface area contributed by atoms with Crippen molar-refractivity contribution >= 4 is 11.8 Å². The number of hydroxylamine groups is 1. The standard InChI is InChI=1S/C22H26N4O4/c23-14-20(22(29)26-30)25-21(28)19-10-8-17(9-11-19)3-2-16-4-6-18(7-5-16)15-24-12-1-13-27/h4-11,20,24,27,30H,1,12-15,23H2,(H,25,28)(H,26,29)/t20-/m0/s1. The smallest absolute Gasteiger partial charge is 0.267 e. The first kappa shape index (κ1) is 23.1. The normalized spacial score (nSPS) is 11.2. The molecule has 1 atom stereocenters. The van der Waals surface area contributed by atoms with Crippen LogP contribution in [0.4, 0.5) is 0 Å². The van der Waals surface area contributed by atoms with Gasteiger partial charge in [0.05, 0.1) is 0 Å². The number of amides is 2. The predicted molar refractivity (Wildman–Crippen MR) is 113 cm³/mol. The average Bonchev–Trinajstić information content (AvgIpc) is 2.79. The summed E-state index contributed by atoms with van der Waals surface area (Å²) in [6, 6.07) is 13.5. The molecule has 0 aliphatic rings. The number of nitrogens with one attached hydrogen (secondary N) is 3. The average molecular weight is 410 g/mol. The second kappa shape index (κ2) is 12.4. The molecule has 0 aliphatic carbocycles. The van der Waals surface area contributed by atoms with Gasteiger partial charge in [-0.3, -0.25) is 14.8 Å². The van der Waals surface area contributed by atoms with Gasteiger partial charge in [0.1, 0.15) is 6.04 Å². The molecule has 30 heavy (non-hydrogen) atoms. The minimum absolute atomic E-state index is 0.140. The number of carbonyl (C=O) groups excluding carboxylic acids is 2. The van der Waals surface area contributed by atoms with E-state index in [1.54, 1.807) is 24.3 Å². The predicted octanol–water partition coefficient (Wildman–Crippen LogP) is 0.121. The Hall–Kier alpha value is -3.22. The molecule has 8 heteroatoms. The van der Waals surface area contributed by atoms with E-state index in [9.17, 15) is 9.59 Å². The lowest BCUT2D eigenvalue weighted by atomic mass is 10.1. The lowest BCUT2D eigenvalue weighted by Gasteiger charge is -2.14. The van der Waals surface area contributed by atoms with E-state index in [0.717, 1.165) is 36.2 Å². The number of rotatable bonds is 9. The van der Waals surface area contributed by atoms with Crippen molar-refractivity contribution < 1.29 is 19.9 Å². The largest absolute Gasteiger partial charge is 0.396 e. The summed E-state index contributed by atoms with van der Waals surface area (Å²) < 4.78 is 0. The molecule has 0 spiro atoms. The van der Waals surface area contributed by atoms with Crippen LogP contribution in [0.25, 0.3) is 0 Å². The maximum absolute atomic E-state index is 12.2. The fourth-order valence-electron chi connectivity index (χ4n) is 2.54. The van der Waals surface area contributed by atoms with E-state index in [1.165, 1.54) is 5.48 Å². The van der Waals surface area contributed by atoms with Gasteiger partial charge in [0.15, 0.2) is 0 Å². The molecule has 0 saturated heterocycles. The maximum Gasteiger partial charge on any atom is 0.267 e. The van der Waals surface area contributed by atoms with Crippen LogP contribution in [0.15, 0.2) is 48.5 Å². The Morgan fingerprint density at radius 2 is 1.60 bits per heavy atom. The third-order valence-electron chi connectivity index (χ3n) is 4.26. The lowest BCUT2D eigenvalue weighted by Crippen LogP contribution is -2.50. The van der Waals surface area contributed by atoms with Crippen LogP contribution in [0, 0.1) is 11.8 Å². The summed E-state index contributed by atoms with van der Waals surface area (Å²) in [5, 5.41) is 23.1. The Kier molecular flexibility index (Phi) is 9.51. The first-order chi connectivity index (χ1) is 14.6. The van der Waals surface area contributed by atoms with Crippen LogP contribution in [0.3, 0.4) is 0 Å². The maximum atomic E-state index is 12.2. The van der Waals surface area contributed by atoms with Crippen molar-refractivity contribution in [2.24, 2.45) is 5.73 Å². The summed E-state index contributed by atoms with van der Waals surface area (Å²) in [6.07, 6.45) is 0.732. The van der Waals surface area contributed by atoms with Crippen LogP contribution >= 0.6 is 0 Å². The van der Waals surface area contributed by atoms with E-state index in [4.69, 9.17) is 16.0 Å². The van der Waals surface area contributed by atoms with Crippen molar-refractivity contribution in [2.45, 2.75) is 19.0 Å². The molecule has 8 nitrogen and oxygen atoms in total. The van der Waals surface area contributed by atoms with E-state index in [0.29, 0.717) is 5.56 Å². The van der Waals surface area contributed by atoms with Gasteiger partial charge in [0.25, 0.3) is 11.8 Å². The first-order valence-electron chi connectivity index (χ1n) is 9.55. The Morgan fingerprint density at radius 1 is 1.00 bits per heavy atom. The van der Waals surface area contributed by atoms with Crippen molar-refractivity contribution in [3.63, 3.8) is 0 Å². The van der Waals surface area contributed by atoms with Crippen LogP contribution in [0.5, 0.6) is 0 Å². The number of carbonyl (C=O) groups is 2. The first-order valence-corrected chi connectivity index (χ1v) is 9.55. The molecule has 2 aromatic rings. The van der Waals surface area contributed by atoms with Gasteiger partial charge in [0, 0.05) is 36.4 Å². The van der Waals surface area contributed by atoms with Gasteiger partial charge >= 0.3 is 0 Å². The zero-order chi connectivity index (χ0) is 21.8. The summed E-state index contributed by atoms with van der Waals surface area (Å²) in [4.78, 5) is 23.6. The lowest BCUT2D eigenvalue weighted by molar-refractivity contribution is -0.130. The highest BCUT2D eigenvalue weighted by molar-refractivity contribution is 5.97. The zero-order valence-corrected chi connectivity index (χ0v) is 16.5. The van der Waals surface area contributed by atoms with Crippen LogP contribution in [0.2, 0.25) is 0 Å². The minimum Gasteiger partial charge on any atom is -0.396 e. The number of nitrogens with two attached hydrogens (primary N) is 1. The molecule has 0 saturated carbocycles. The number of benzene rings is 2. The van der Waals surface area contributed by atoms with Crippen molar-refractivity contribution in [1.82, 2.24) is 16.1 Å². The van der Waals surface area contributed by atoms with Crippen LogP contribution in [-0.2, 0) is 11.3 Å². The van der Waals surface area contributed by atoms with Crippen LogP contribution < -0.4 is 21.8 Å². The summed E-state index contributed by atoms with van der Waals surface area (Å²) in [5.41, 5.74) is 9.99. The van der Waals surface area contributed by atoms with E-state index >= 15 is 0 Å². The molecule has 0 unspecified atom stereocenters. The molecule has 0 bridgehead atoms. The van der Waals surface area contributed by atoms with Crippen molar-refractivity contribution in [1.29, 1.82) is 0 Å². The van der Waals surface area contributed by atoms with Gasteiger partial charge in [-0.1, -0.05) is 24.0 Å². The quantitative estimate of drug-likeness (QED) is 0.150. The van der Waals surface area contributed by atoms with E-state index < -0.39 is 17.9 Å². The number of hydrogen-bond donors (Lipinski definition) is 6. The van der Waals surface area contributed by atoms with E-state index in [1.807, 2.05) is 24.3 Å². The second-order valence-corrected chi connectivity index (χ2v) is 6.52. The molecule has 0 heterocycles. The summed E-state index contributed by atoms with van der Waals surface area (Å²) in [6.45, 7) is 1.55. The van der Waals surface area contributed by atoms with Crippen LogP contribution in [-0.4, -0.2) is 47.9 Å². The van der Waals surface area contributed by atoms with Gasteiger partial charge in [-0.05, 0) is 54.9 Å². The fourth-order valence-corrected chi connectivity index (χ4v) is 2.54. The zero-order valence-electron chi connectivity index (χ0n) is 16.5. The highest BCUT2D eigenvalue weighted by atomic mass is 16.5. The fraction of sp³-hybridized carbons (Fsp3) is 0.273. The molecule has 2 rings (SSSR count). The summed E-state index contributed by atoms with van der Waals surface area (Å²) >= 11 is 0. The van der Waals surface area contributed by atoms with Gasteiger partial charge < -0.3 is 21.5 Å². The molecule has 2 aromatic carbocycles. The van der Waals surface area contributed by atoms with E-state index in [2.05, 4.69) is 22.5 Å². The van der Waals surface area contributed by atoms with Gasteiger partial charge in [0.2, 0.25) is 0 Å². The van der Waals surface area contributed by atoms with E-state index in [-0.39, 0.29) is 13.2 Å². The molecule has 7 N–H and O–H groups in total. The topological polar surface area (TPSA) is 137 Å². The highest BCUT2D eigenvalue weighted by Crippen LogP contribution is 2.06. The molecule has 2 amide bonds. The Bertz CT molecular complexity index is 886. The molecular weight excluding hydrogens is 384 g/mol. The SMILES string of the molecule is NC[C@H](NC(=O)c1ccc(C#Cc2ccc(CNCCCO)cc2)cc1)C(=O)NO. The molecule has 0 fully saturated rings. The van der Waals surface area contributed by atoms with Gasteiger partial charge in [-0.15, -0.1) is 0 Å². The Labute approximate surface area is 175 Å². The third kappa shape index (κ3) is 7.31. The summed E-state index contributed by atoms with van der Waals surface area (Å²) in [5.74, 6) is 4.87. The van der Waals surface area contributed by atoms with Gasteiger partial charge in [-0.25, -0.2) is 5.48 Å². The monoisotopic (exact) mass is 410 g/mol. The highest BCUT2D eigenvalue weighted by Gasteiger charge is 2.19. The number of aliphatic hydroxyl groups is 1. The Balaban J connectivity index is 1.94. The second-order valence-electron chi connectivity index (χ2n) is 6.52. The molecular formula is C22H26N4O4. The molecule has 158 valence electrons. The molecule has 0 aromatic heterocycles. The van der Waals surface area contributed by atoms with Crippen molar-refractivity contribution in [3.05, 3.63) is 70.8 Å². The van der Waals surface area contributed by atoms with Gasteiger partial charge in [-0.2, -0.15) is 0 Å². The molecule has 0 radical (unpaired) electrons. The van der Waals surface area contributed by atoms with Crippen LogP contribution in [0.1, 0.15) is 33.5 Å². The molecule has 0 aliphatic heterocycles. The Morgan fingerprint density at radius 3 is 2.13 bits per heavy atom. The van der Waals surface area contributed by atoms with Crippen molar-refractivity contribution in [2.75, 3.05) is 19.7 Å².